The maximum atomic E-state index is 12.3. The van der Waals surface area contributed by atoms with Gasteiger partial charge in [-0.15, -0.1) is 0 Å². The topological polar surface area (TPSA) is 32.3 Å². The molecule has 0 radical (unpaired) electrons. The minimum Gasteiger partial charge on any atom is -0.338 e. The van der Waals surface area contributed by atoms with Crippen molar-refractivity contribution in [2.75, 3.05) is 20.1 Å². The first-order valence-corrected chi connectivity index (χ1v) is 7.26. The molecule has 3 nitrogen and oxygen atoms in total. The highest BCUT2D eigenvalue weighted by atomic mass is 16.2. The van der Waals surface area contributed by atoms with Crippen LogP contribution in [0.5, 0.6) is 0 Å². The maximum absolute atomic E-state index is 12.3. The molecule has 1 amide bonds. The lowest BCUT2D eigenvalue weighted by molar-refractivity contribution is -0.132. The zero-order chi connectivity index (χ0) is 13.5. The van der Waals surface area contributed by atoms with Crippen LogP contribution in [0.3, 0.4) is 0 Å². The van der Waals surface area contributed by atoms with Gasteiger partial charge in [-0.3, -0.25) is 4.79 Å². The van der Waals surface area contributed by atoms with Crippen molar-refractivity contribution in [1.29, 1.82) is 0 Å². The molecule has 1 aromatic carbocycles. The second-order valence-electron chi connectivity index (χ2n) is 5.41. The standard InChI is InChI=1S/C16H24N2O/c1-17-11-10-16(19)18(13-15-8-5-9-15)12-14-6-3-2-4-7-14/h2-4,6-7,15,17H,5,8-13H2,1H3. The normalized spacial score (nSPS) is 15.0. The lowest BCUT2D eigenvalue weighted by Gasteiger charge is -2.32. The summed E-state index contributed by atoms with van der Waals surface area (Å²) in [6.07, 6.45) is 4.49. The molecule has 1 N–H and O–H groups in total. The van der Waals surface area contributed by atoms with Gasteiger partial charge < -0.3 is 10.2 Å². The molecule has 0 unspecified atom stereocenters. The summed E-state index contributed by atoms with van der Waals surface area (Å²) in [6, 6.07) is 10.3. The summed E-state index contributed by atoms with van der Waals surface area (Å²) in [4.78, 5) is 14.3. The van der Waals surface area contributed by atoms with Crippen LogP contribution in [0.4, 0.5) is 0 Å². The van der Waals surface area contributed by atoms with Crippen LogP contribution < -0.4 is 5.32 Å². The van der Waals surface area contributed by atoms with E-state index in [9.17, 15) is 4.79 Å². The lowest BCUT2D eigenvalue weighted by atomic mass is 9.85. The number of amides is 1. The van der Waals surface area contributed by atoms with Crippen molar-refractivity contribution in [2.24, 2.45) is 5.92 Å². The first-order valence-electron chi connectivity index (χ1n) is 7.26. The Morgan fingerprint density at radius 2 is 2.05 bits per heavy atom. The first kappa shape index (κ1) is 14.1. The minimum absolute atomic E-state index is 0.269. The van der Waals surface area contributed by atoms with Gasteiger partial charge >= 0.3 is 0 Å². The average Bonchev–Trinajstić information content (AvgIpc) is 2.39. The number of hydrogen-bond acceptors (Lipinski definition) is 2. The van der Waals surface area contributed by atoms with Crippen LogP contribution in [0.1, 0.15) is 31.2 Å². The van der Waals surface area contributed by atoms with Crippen LogP contribution in [0.25, 0.3) is 0 Å². The summed E-state index contributed by atoms with van der Waals surface area (Å²) in [7, 11) is 1.89. The molecule has 0 aliphatic heterocycles. The third kappa shape index (κ3) is 4.35. The maximum Gasteiger partial charge on any atom is 0.224 e. The Labute approximate surface area is 116 Å². The predicted octanol–water partition coefficient (Wildman–Crippen LogP) is 2.42. The quantitative estimate of drug-likeness (QED) is 0.816. The van der Waals surface area contributed by atoms with E-state index in [1.165, 1.54) is 24.8 Å². The highest BCUT2D eigenvalue weighted by molar-refractivity contribution is 5.76. The molecule has 3 heteroatoms. The molecule has 0 aromatic heterocycles. The van der Waals surface area contributed by atoms with Crippen molar-refractivity contribution in [1.82, 2.24) is 10.2 Å². The molecule has 0 saturated heterocycles. The van der Waals surface area contributed by atoms with Crippen LogP contribution in [0, 0.1) is 5.92 Å². The van der Waals surface area contributed by atoms with E-state index in [4.69, 9.17) is 0 Å². The Balaban J connectivity index is 1.94. The third-order valence-electron chi connectivity index (χ3n) is 3.86. The van der Waals surface area contributed by atoms with Gasteiger partial charge in [-0.2, -0.15) is 0 Å². The Morgan fingerprint density at radius 3 is 2.63 bits per heavy atom. The molecule has 0 atom stereocenters. The molecule has 1 aliphatic carbocycles. The molecule has 0 bridgehead atoms. The molecule has 0 heterocycles. The monoisotopic (exact) mass is 260 g/mol. The van der Waals surface area contributed by atoms with Gasteiger partial charge in [0.15, 0.2) is 0 Å². The highest BCUT2D eigenvalue weighted by Crippen LogP contribution is 2.27. The fraction of sp³-hybridized carbons (Fsp3) is 0.562. The third-order valence-corrected chi connectivity index (χ3v) is 3.86. The van der Waals surface area contributed by atoms with E-state index in [1.807, 2.05) is 30.1 Å². The van der Waals surface area contributed by atoms with E-state index in [0.717, 1.165) is 25.6 Å². The molecule has 0 spiro atoms. The molecule has 1 saturated carbocycles. The Kier molecular flexibility index (Phi) is 5.40. The predicted molar refractivity (Wildman–Crippen MR) is 77.7 cm³/mol. The molecule has 2 rings (SSSR count). The fourth-order valence-electron chi connectivity index (χ4n) is 2.44. The fourth-order valence-corrected chi connectivity index (χ4v) is 2.44. The molecule has 104 valence electrons. The van der Waals surface area contributed by atoms with E-state index in [0.29, 0.717) is 6.42 Å². The van der Waals surface area contributed by atoms with E-state index < -0.39 is 0 Å². The number of hydrogen-bond donors (Lipinski definition) is 1. The van der Waals surface area contributed by atoms with Crippen LogP contribution in [0.15, 0.2) is 30.3 Å². The van der Waals surface area contributed by atoms with Gasteiger partial charge in [-0.1, -0.05) is 36.8 Å². The molecular weight excluding hydrogens is 236 g/mol. The Morgan fingerprint density at radius 1 is 1.32 bits per heavy atom. The van der Waals surface area contributed by atoms with E-state index in [2.05, 4.69) is 17.4 Å². The number of carbonyl (C=O) groups excluding carboxylic acids is 1. The average molecular weight is 260 g/mol. The summed E-state index contributed by atoms with van der Waals surface area (Å²) < 4.78 is 0. The molecular formula is C16H24N2O. The van der Waals surface area contributed by atoms with Crippen LogP contribution in [0.2, 0.25) is 0 Å². The Bertz CT molecular complexity index is 387. The first-order chi connectivity index (χ1) is 9.29. The van der Waals surface area contributed by atoms with Gasteiger partial charge in [0.2, 0.25) is 5.91 Å². The number of rotatable bonds is 7. The van der Waals surface area contributed by atoms with Crippen molar-refractivity contribution in [3.05, 3.63) is 35.9 Å². The SMILES string of the molecule is CNCCC(=O)N(Cc1ccccc1)CC1CCC1. The van der Waals surface area contributed by atoms with Crippen LogP contribution in [-0.4, -0.2) is 30.9 Å². The van der Waals surface area contributed by atoms with Gasteiger partial charge in [0.25, 0.3) is 0 Å². The number of carbonyl (C=O) groups is 1. The van der Waals surface area contributed by atoms with E-state index in [1.54, 1.807) is 0 Å². The zero-order valence-corrected chi connectivity index (χ0v) is 11.8. The summed E-state index contributed by atoms with van der Waals surface area (Å²) in [5, 5.41) is 3.05. The van der Waals surface area contributed by atoms with Crippen molar-refractivity contribution in [3.8, 4) is 0 Å². The summed E-state index contributed by atoms with van der Waals surface area (Å²) in [5.74, 6) is 0.993. The second-order valence-corrected chi connectivity index (χ2v) is 5.41. The highest BCUT2D eigenvalue weighted by Gasteiger charge is 2.23. The van der Waals surface area contributed by atoms with Gasteiger partial charge in [0, 0.05) is 26.1 Å². The van der Waals surface area contributed by atoms with Crippen LogP contribution in [-0.2, 0) is 11.3 Å². The van der Waals surface area contributed by atoms with E-state index in [-0.39, 0.29) is 5.91 Å². The number of nitrogens with one attached hydrogen (secondary N) is 1. The van der Waals surface area contributed by atoms with Gasteiger partial charge in [-0.25, -0.2) is 0 Å². The van der Waals surface area contributed by atoms with Gasteiger partial charge in [0.1, 0.15) is 0 Å². The summed E-state index contributed by atoms with van der Waals surface area (Å²) in [5.41, 5.74) is 1.22. The molecule has 1 aliphatic rings. The molecule has 19 heavy (non-hydrogen) atoms. The minimum atomic E-state index is 0.269. The molecule has 1 fully saturated rings. The van der Waals surface area contributed by atoms with Crippen molar-refractivity contribution < 1.29 is 4.79 Å². The van der Waals surface area contributed by atoms with Crippen molar-refractivity contribution in [3.63, 3.8) is 0 Å². The smallest absolute Gasteiger partial charge is 0.224 e. The Hall–Kier alpha value is -1.35. The number of benzene rings is 1. The van der Waals surface area contributed by atoms with Crippen molar-refractivity contribution >= 4 is 5.91 Å². The van der Waals surface area contributed by atoms with Gasteiger partial charge in [-0.05, 0) is 31.4 Å². The lowest BCUT2D eigenvalue weighted by Crippen LogP contribution is -2.38. The second kappa shape index (κ2) is 7.29. The zero-order valence-electron chi connectivity index (χ0n) is 11.8. The molecule has 1 aromatic rings. The number of nitrogens with zero attached hydrogens (tertiary/aromatic N) is 1. The summed E-state index contributed by atoms with van der Waals surface area (Å²) in [6.45, 7) is 2.44. The van der Waals surface area contributed by atoms with E-state index >= 15 is 0 Å². The van der Waals surface area contributed by atoms with Gasteiger partial charge in [0.05, 0.1) is 0 Å². The van der Waals surface area contributed by atoms with Crippen molar-refractivity contribution in [2.45, 2.75) is 32.2 Å². The summed E-state index contributed by atoms with van der Waals surface area (Å²) >= 11 is 0. The largest absolute Gasteiger partial charge is 0.338 e. The van der Waals surface area contributed by atoms with Crippen LogP contribution >= 0.6 is 0 Å².